The SMILES string of the molecule is CCOc1cc(C)ccc1NC(CC)Cc1ccccc1. The Morgan fingerprint density at radius 1 is 1.05 bits per heavy atom. The molecule has 2 aromatic rings. The Hall–Kier alpha value is -1.96. The summed E-state index contributed by atoms with van der Waals surface area (Å²) in [5.41, 5.74) is 3.67. The number of anilines is 1. The minimum absolute atomic E-state index is 0.411. The first-order valence-electron chi connectivity index (χ1n) is 7.76. The van der Waals surface area contributed by atoms with Gasteiger partial charge >= 0.3 is 0 Å². The minimum atomic E-state index is 0.411. The van der Waals surface area contributed by atoms with Gasteiger partial charge in [-0.2, -0.15) is 0 Å². The third kappa shape index (κ3) is 4.52. The van der Waals surface area contributed by atoms with E-state index in [1.165, 1.54) is 11.1 Å². The number of aryl methyl sites for hydroxylation is 1. The molecule has 112 valence electrons. The van der Waals surface area contributed by atoms with Gasteiger partial charge in [-0.1, -0.05) is 43.3 Å². The lowest BCUT2D eigenvalue weighted by Crippen LogP contribution is -2.21. The molecule has 0 amide bonds. The van der Waals surface area contributed by atoms with E-state index >= 15 is 0 Å². The summed E-state index contributed by atoms with van der Waals surface area (Å²) in [7, 11) is 0. The predicted molar refractivity (Wildman–Crippen MR) is 90.2 cm³/mol. The molecule has 0 aliphatic heterocycles. The average molecular weight is 283 g/mol. The van der Waals surface area contributed by atoms with Gasteiger partial charge in [0.1, 0.15) is 5.75 Å². The molecule has 0 aromatic heterocycles. The van der Waals surface area contributed by atoms with Crippen molar-refractivity contribution >= 4 is 5.69 Å². The van der Waals surface area contributed by atoms with Crippen LogP contribution in [0.1, 0.15) is 31.4 Å². The zero-order valence-electron chi connectivity index (χ0n) is 13.2. The molecular weight excluding hydrogens is 258 g/mol. The van der Waals surface area contributed by atoms with Crippen molar-refractivity contribution in [2.75, 3.05) is 11.9 Å². The van der Waals surface area contributed by atoms with Gasteiger partial charge in [0.25, 0.3) is 0 Å². The molecule has 0 aliphatic carbocycles. The van der Waals surface area contributed by atoms with Gasteiger partial charge in [0.05, 0.1) is 12.3 Å². The van der Waals surface area contributed by atoms with Crippen molar-refractivity contribution in [1.82, 2.24) is 0 Å². The normalized spacial score (nSPS) is 12.0. The lowest BCUT2D eigenvalue weighted by molar-refractivity contribution is 0.341. The van der Waals surface area contributed by atoms with E-state index < -0.39 is 0 Å². The highest BCUT2D eigenvalue weighted by molar-refractivity contribution is 5.58. The first kappa shape index (κ1) is 15.4. The molecule has 0 bridgehead atoms. The summed E-state index contributed by atoms with van der Waals surface area (Å²) in [6.45, 7) is 7.02. The van der Waals surface area contributed by atoms with Crippen molar-refractivity contribution < 1.29 is 4.74 Å². The van der Waals surface area contributed by atoms with Crippen LogP contribution in [0, 0.1) is 6.92 Å². The van der Waals surface area contributed by atoms with Crippen molar-refractivity contribution in [1.29, 1.82) is 0 Å². The molecule has 1 atom stereocenters. The van der Waals surface area contributed by atoms with Gasteiger partial charge in [0.15, 0.2) is 0 Å². The van der Waals surface area contributed by atoms with Gasteiger partial charge in [-0.05, 0) is 49.9 Å². The Balaban J connectivity index is 2.11. The number of hydrogen-bond acceptors (Lipinski definition) is 2. The Labute approximate surface area is 128 Å². The first-order chi connectivity index (χ1) is 10.2. The van der Waals surface area contributed by atoms with Crippen LogP contribution in [0.2, 0.25) is 0 Å². The van der Waals surface area contributed by atoms with Crippen molar-refractivity contribution in [2.45, 2.75) is 39.7 Å². The summed E-state index contributed by atoms with van der Waals surface area (Å²) in [5, 5.41) is 3.63. The van der Waals surface area contributed by atoms with E-state index in [-0.39, 0.29) is 0 Å². The molecule has 2 nitrogen and oxygen atoms in total. The standard InChI is InChI=1S/C19H25NO/c1-4-17(14-16-9-7-6-8-10-16)20-18-12-11-15(3)13-19(18)21-5-2/h6-13,17,20H,4-5,14H2,1-3H3. The second-order valence-electron chi connectivity index (χ2n) is 5.37. The van der Waals surface area contributed by atoms with Gasteiger partial charge in [-0.3, -0.25) is 0 Å². The molecule has 1 unspecified atom stereocenters. The highest BCUT2D eigenvalue weighted by Crippen LogP contribution is 2.27. The van der Waals surface area contributed by atoms with E-state index in [2.05, 4.69) is 67.7 Å². The predicted octanol–water partition coefficient (Wildman–Crippen LogP) is 4.83. The largest absolute Gasteiger partial charge is 0.492 e. The van der Waals surface area contributed by atoms with Crippen LogP contribution in [0.15, 0.2) is 48.5 Å². The highest BCUT2D eigenvalue weighted by atomic mass is 16.5. The Morgan fingerprint density at radius 3 is 2.48 bits per heavy atom. The zero-order valence-corrected chi connectivity index (χ0v) is 13.2. The quantitative estimate of drug-likeness (QED) is 0.786. The van der Waals surface area contributed by atoms with Crippen LogP contribution in [0.4, 0.5) is 5.69 Å². The summed E-state index contributed by atoms with van der Waals surface area (Å²) in [4.78, 5) is 0. The maximum Gasteiger partial charge on any atom is 0.142 e. The second-order valence-corrected chi connectivity index (χ2v) is 5.37. The maximum absolute atomic E-state index is 5.75. The summed E-state index contributed by atoms with van der Waals surface area (Å²) in [6.07, 6.45) is 2.10. The van der Waals surface area contributed by atoms with Crippen LogP contribution in [0.5, 0.6) is 5.75 Å². The molecule has 2 heteroatoms. The molecule has 0 spiro atoms. The molecular formula is C19H25NO. The number of benzene rings is 2. The van der Waals surface area contributed by atoms with Gasteiger partial charge in [-0.15, -0.1) is 0 Å². The number of nitrogens with one attached hydrogen (secondary N) is 1. The second kappa shape index (κ2) is 7.72. The molecule has 0 heterocycles. The molecule has 1 N–H and O–H groups in total. The van der Waals surface area contributed by atoms with Crippen LogP contribution in [-0.2, 0) is 6.42 Å². The molecule has 0 saturated heterocycles. The van der Waals surface area contributed by atoms with E-state index in [9.17, 15) is 0 Å². The highest BCUT2D eigenvalue weighted by Gasteiger charge is 2.11. The molecule has 2 rings (SSSR count). The fourth-order valence-corrected chi connectivity index (χ4v) is 2.44. The molecule has 0 aliphatic rings. The fraction of sp³-hybridized carbons (Fsp3) is 0.368. The minimum Gasteiger partial charge on any atom is -0.492 e. The summed E-state index contributed by atoms with van der Waals surface area (Å²) < 4.78 is 5.75. The Morgan fingerprint density at radius 2 is 1.81 bits per heavy atom. The van der Waals surface area contributed by atoms with Gasteiger partial charge < -0.3 is 10.1 Å². The van der Waals surface area contributed by atoms with Crippen molar-refractivity contribution in [3.63, 3.8) is 0 Å². The van der Waals surface area contributed by atoms with Crippen molar-refractivity contribution in [3.05, 3.63) is 59.7 Å². The third-order valence-electron chi connectivity index (χ3n) is 3.61. The maximum atomic E-state index is 5.75. The molecule has 0 fully saturated rings. The lowest BCUT2D eigenvalue weighted by Gasteiger charge is -2.21. The van der Waals surface area contributed by atoms with Crippen LogP contribution in [-0.4, -0.2) is 12.6 Å². The summed E-state index contributed by atoms with van der Waals surface area (Å²) in [6, 6.07) is 17.4. The molecule has 0 radical (unpaired) electrons. The van der Waals surface area contributed by atoms with Crippen molar-refractivity contribution in [2.24, 2.45) is 0 Å². The van der Waals surface area contributed by atoms with E-state index in [0.717, 1.165) is 24.3 Å². The smallest absolute Gasteiger partial charge is 0.142 e. The van der Waals surface area contributed by atoms with Crippen LogP contribution >= 0.6 is 0 Å². The molecule has 2 aromatic carbocycles. The van der Waals surface area contributed by atoms with E-state index in [1.54, 1.807) is 0 Å². The monoisotopic (exact) mass is 283 g/mol. The van der Waals surface area contributed by atoms with Crippen LogP contribution in [0.25, 0.3) is 0 Å². The summed E-state index contributed by atoms with van der Waals surface area (Å²) >= 11 is 0. The lowest BCUT2D eigenvalue weighted by atomic mass is 10.0. The number of hydrogen-bond donors (Lipinski definition) is 1. The molecule has 0 saturated carbocycles. The fourth-order valence-electron chi connectivity index (χ4n) is 2.44. The number of rotatable bonds is 7. The van der Waals surface area contributed by atoms with Gasteiger partial charge in [0.2, 0.25) is 0 Å². The van der Waals surface area contributed by atoms with E-state index in [1.807, 2.05) is 6.92 Å². The third-order valence-corrected chi connectivity index (χ3v) is 3.61. The Bertz CT molecular complexity index is 551. The van der Waals surface area contributed by atoms with Crippen LogP contribution in [0.3, 0.4) is 0 Å². The Kier molecular flexibility index (Phi) is 5.68. The zero-order chi connectivity index (χ0) is 15.1. The topological polar surface area (TPSA) is 21.3 Å². The molecule has 21 heavy (non-hydrogen) atoms. The van der Waals surface area contributed by atoms with E-state index in [4.69, 9.17) is 4.74 Å². The summed E-state index contributed by atoms with van der Waals surface area (Å²) in [5.74, 6) is 0.948. The van der Waals surface area contributed by atoms with Crippen molar-refractivity contribution in [3.8, 4) is 5.75 Å². The average Bonchev–Trinajstić information content (AvgIpc) is 2.50. The van der Waals surface area contributed by atoms with E-state index in [0.29, 0.717) is 12.6 Å². The number of ether oxygens (including phenoxy) is 1. The van der Waals surface area contributed by atoms with Crippen LogP contribution < -0.4 is 10.1 Å². The first-order valence-corrected chi connectivity index (χ1v) is 7.76. The van der Waals surface area contributed by atoms with Gasteiger partial charge in [-0.25, -0.2) is 0 Å². The van der Waals surface area contributed by atoms with Gasteiger partial charge in [0, 0.05) is 6.04 Å².